The number of amides is 1. The highest BCUT2D eigenvalue weighted by atomic mass is 19.4. The SMILES string of the molecule is CN(C)c1cc(C(=O)Nc2cc(C(F)(F)F)cc(C(F)(F)F)c2)ccn1. The lowest BCUT2D eigenvalue weighted by Crippen LogP contribution is -2.17. The van der Waals surface area contributed by atoms with Gasteiger partial charge in [-0.15, -0.1) is 0 Å². The van der Waals surface area contributed by atoms with E-state index in [0.29, 0.717) is 18.0 Å². The molecule has 1 aromatic heterocycles. The normalized spacial score (nSPS) is 12.0. The van der Waals surface area contributed by atoms with Crippen LogP contribution in [0.2, 0.25) is 0 Å². The molecule has 2 rings (SSSR count). The Morgan fingerprint density at radius 2 is 1.50 bits per heavy atom. The molecule has 0 spiro atoms. The number of anilines is 2. The van der Waals surface area contributed by atoms with Gasteiger partial charge in [-0.3, -0.25) is 4.79 Å². The third kappa shape index (κ3) is 4.64. The molecule has 26 heavy (non-hydrogen) atoms. The predicted octanol–water partition coefficient (Wildman–Crippen LogP) is 4.44. The van der Waals surface area contributed by atoms with Crippen molar-refractivity contribution in [1.29, 1.82) is 0 Å². The quantitative estimate of drug-likeness (QED) is 0.805. The first-order valence-electron chi connectivity index (χ1n) is 7.12. The summed E-state index contributed by atoms with van der Waals surface area (Å²) in [6, 6.07) is 3.53. The summed E-state index contributed by atoms with van der Waals surface area (Å²) in [6.45, 7) is 0. The number of rotatable bonds is 3. The highest BCUT2D eigenvalue weighted by Gasteiger charge is 2.37. The van der Waals surface area contributed by atoms with Gasteiger partial charge in [-0.1, -0.05) is 0 Å². The lowest BCUT2D eigenvalue weighted by Gasteiger charge is -2.15. The Kier molecular flexibility index (Phi) is 5.15. The highest BCUT2D eigenvalue weighted by Crippen LogP contribution is 2.37. The van der Waals surface area contributed by atoms with Crippen LogP contribution in [0.25, 0.3) is 0 Å². The molecule has 2 aromatic rings. The van der Waals surface area contributed by atoms with Gasteiger partial charge in [0.1, 0.15) is 5.82 Å². The van der Waals surface area contributed by atoms with Crippen LogP contribution >= 0.6 is 0 Å². The summed E-state index contributed by atoms with van der Waals surface area (Å²) in [4.78, 5) is 17.7. The first kappa shape index (κ1) is 19.5. The highest BCUT2D eigenvalue weighted by molar-refractivity contribution is 6.04. The molecule has 10 heteroatoms. The summed E-state index contributed by atoms with van der Waals surface area (Å²) in [7, 11) is 3.32. The van der Waals surface area contributed by atoms with Crippen LogP contribution in [0.15, 0.2) is 36.5 Å². The van der Waals surface area contributed by atoms with Crippen LogP contribution in [-0.4, -0.2) is 25.0 Å². The zero-order valence-corrected chi connectivity index (χ0v) is 13.5. The molecule has 0 saturated heterocycles. The van der Waals surface area contributed by atoms with Gasteiger partial charge < -0.3 is 10.2 Å². The Hall–Kier alpha value is -2.78. The molecule has 0 bridgehead atoms. The Labute approximate surface area is 144 Å². The molecular weight excluding hydrogens is 364 g/mol. The molecular formula is C16H13F6N3O. The van der Waals surface area contributed by atoms with E-state index in [1.54, 1.807) is 19.0 Å². The van der Waals surface area contributed by atoms with Crippen molar-refractivity contribution in [2.75, 3.05) is 24.3 Å². The Morgan fingerprint density at radius 1 is 0.962 bits per heavy atom. The maximum absolute atomic E-state index is 12.8. The van der Waals surface area contributed by atoms with Gasteiger partial charge in [0.05, 0.1) is 11.1 Å². The number of pyridine rings is 1. The zero-order chi connectivity index (χ0) is 19.7. The average Bonchev–Trinajstić information content (AvgIpc) is 2.53. The molecule has 140 valence electrons. The second-order valence-electron chi connectivity index (χ2n) is 5.55. The molecule has 1 heterocycles. The molecule has 0 atom stereocenters. The minimum atomic E-state index is -4.99. The van der Waals surface area contributed by atoms with E-state index >= 15 is 0 Å². The van der Waals surface area contributed by atoms with Gasteiger partial charge in [0.2, 0.25) is 0 Å². The van der Waals surface area contributed by atoms with Crippen LogP contribution in [-0.2, 0) is 12.4 Å². The average molecular weight is 377 g/mol. The van der Waals surface area contributed by atoms with Gasteiger partial charge in [0, 0.05) is 31.5 Å². The molecule has 0 fully saturated rings. The van der Waals surface area contributed by atoms with Crippen LogP contribution in [0.4, 0.5) is 37.8 Å². The number of benzene rings is 1. The molecule has 0 saturated carbocycles. The Morgan fingerprint density at radius 3 is 1.96 bits per heavy atom. The Balaban J connectivity index is 2.39. The van der Waals surface area contributed by atoms with Crippen molar-refractivity contribution in [1.82, 2.24) is 4.98 Å². The summed E-state index contributed by atoms with van der Waals surface area (Å²) in [5.74, 6) is -0.458. The molecule has 4 nitrogen and oxygen atoms in total. The fourth-order valence-corrected chi connectivity index (χ4v) is 2.03. The van der Waals surface area contributed by atoms with Gasteiger partial charge in [0.25, 0.3) is 5.91 Å². The predicted molar refractivity (Wildman–Crippen MR) is 83.0 cm³/mol. The maximum Gasteiger partial charge on any atom is 0.416 e. The van der Waals surface area contributed by atoms with E-state index in [1.165, 1.54) is 18.3 Å². The number of carbonyl (C=O) groups excluding carboxylic acids is 1. The molecule has 0 aliphatic rings. The van der Waals surface area contributed by atoms with E-state index < -0.39 is 35.1 Å². The summed E-state index contributed by atoms with van der Waals surface area (Å²) >= 11 is 0. The third-order valence-electron chi connectivity index (χ3n) is 3.31. The number of halogens is 6. The van der Waals surface area contributed by atoms with E-state index in [1.807, 2.05) is 0 Å². The maximum atomic E-state index is 12.8. The number of nitrogens with zero attached hydrogens (tertiary/aromatic N) is 2. The number of nitrogens with one attached hydrogen (secondary N) is 1. The van der Waals surface area contributed by atoms with Gasteiger partial charge in [-0.25, -0.2) is 4.98 Å². The summed E-state index contributed by atoms with van der Waals surface area (Å²) < 4.78 is 77.1. The van der Waals surface area contributed by atoms with Crippen molar-refractivity contribution < 1.29 is 31.1 Å². The monoisotopic (exact) mass is 377 g/mol. The molecule has 1 amide bonds. The lowest BCUT2D eigenvalue weighted by atomic mass is 10.1. The van der Waals surface area contributed by atoms with Crippen molar-refractivity contribution in [2.45, 2.75) is 12.4 Å². The van der Waals surface area contributed by atoms with Crippen molar-refractivity contribution in [3.8, 4) is 0 Å². The van der Waals surface area contributed by atoms with E-state index in [0.717, 1.165) is 0 Å². The summed E-state index contributed by atoms with van der Waals surface area (Å²) in [6.07, 6.45) is -8.68. The summed E-state index contributed by atoms with van der Waals surface area (Å²) in [5.41, 5.74) is -3.59. The molecule has 0 radical (unpaired) electrons. The third-order valence-corrected chi connectivity index (χ3v) is 3.31. The number of aromatic nitrogens is 1. The first-order valence-corrected chi connectivity index (χ1v) is 7.12. The van der Waals surface area contributed by atoms with Crippen LogP contribution in [0.1, 0.15) is 21.5 Å². The minimum Gasteiger partial charge on any atom is -0.363 e. The van der Waals surface area contributed by atoms with Gasteiger partial charge in [-0.05, 0) is 30.3 Å². The molecule has 1 N–H and O–H groups in total. The summed E-state index contributed by atoms with van der Waals surface area (Å²) in [5, 5.41) is 2.06. The van der Waals surface area contributed by atoms with Crippen LogP contribution in [0.5, 0.6) is 0 Å². The standard InChI is InChI=1S/C16H13F6N3O/c1-25(2)13-5-9(3-4-23-13)14(26)24-12-7-10(15(17,18)19)6-11(8-12)16(20,21)22/h3-8H,1-2H3,(H,24,26). The van der Waals surface area contributed by atoms with Gasteiger partial charge in [0.15, 0.2) is 0 Å². The van der Waals surface area contributed by atoms with Crippen LogP contribution in [0, 0.1) is 0 Å². The smallest absolute Gasteiger partial charge is 0.363 e. The van der Waals surface area contributed by atoms with E-state index in [2.05, 4.69) is 10.3 Å². The zero-order valence-electron chi connectivity index (χ0n) is 13.5. The van der Waals surface area contributed by atoms with E-state index in [-0.39, 0.29) is 11.6 Å². The molecule has 1 aromatic carbocycles. The topological polar surface area (TPSA) is 45.2 Å². The lowest BCUT2D eigenvalue weighted by molar-refractivity contribution is -0.143. The number of hydrogen-bond acceptors (Lipinski definition) is 3. The van der Waals surface area contributed by atoms with Crippen molar-refractivity contribution in [3.63, 3.8) is 0 Å². The van der Waals surface area contributed by atoms with Crippen molar-refractivity contribution in [3.05, 3.63) is 53.2 Å². The van der Waals surface area contributed by atoms with Gasteiger partial charge >= 0.3 is 12.4 Å². The van der Waals surface area contributed by atoms with Crippen LogP contribution < -0.4 is 10.2 Å². The molecule has 0 aliphatic heterocycles. The fraction of sp³-hybridized carbons (Fsp3) is 0.250. The minimum absolute atomic E-state index is 0.00770. The molecule has 0 aliphatic carbocycles. The number of carbonyl (C=O) groups is 1. The van der Waals surface area contributed by atoms with E-state index in [4.69, 9.17) is 0 Å². The van der Waals surface area contributed by atoms with Crippen molar-refractivity contribution >= 4 is 17.4 Å². The largest absolute Gasteiger partial charge is 0.416 e. The Bertz CT molecular complexity index is 782. The van der Waals surface area contributed by atoms with Gasteiger partial charge in [-0.2, -0.15) is 26.3 Å². The van der Waals surface area contributed by atoms with Crippen LogP contribution in [0.3, 0.4) is 0 Å². The molecule has 0 unspecified atom stereocenters. The second kappa shape index (κ2) is 6.85. The number of hydrogen-bond donors (Lipinski definition) is 1. The van der Waals surface area contributed by atoms with Crippen molar-refractivity contribution in [2.24, 2.45) is 0 Å². The first-order chi connectivity index (χ1) is 11.9. The number of alkyl halides is 6. The van der Waals surface area contributed by atoms with E-state index in [9.17, 15) is 31.1 Å². The second-order valence-corrected chi connectivity index (χ2v) is 5.55. The fourth-order valence-electron chi connectivity index (χ4n) is 2.03.